The van der Waals surface area contributed by atoms with Gasteiger partial charge in [0.2, 0.25) is 0 Å². The zero-order chi connectivity index (χ0) is 18.0. The summed E-state index contributed by atoms with van der Waals surface area (Å²) in [5.41, 5.74) is 1.69. The molecular weight excluding hydrogens is 360 g/mol. The fraction of sp³-hybridized carbons (Fsp3) is 0.0588. The van der Waals surface area contributed by atoms with Crippen molar-refractivity contribution in [1.29, 1.82) is 0 Å². The molecule has 25 heavy (non-hydrogen) atoms. The predicted octanol–water partition coefficient (Wildman–Crippen LogP) is 4.49. The molecular formula is C17H13ClN4O2S. The molecule has 6 nitrogen and oxygen atoms in total. The lowest BCUT2D eigenvalue weighted by Crippen LogP contribution is -2.08. The molecule has 2 aromatic carbocycles. The van der Waals surface area contributed by atoms with Crippen LogP contribution in [0.3, 0.4) is 0 Å². The maximum Gasteiger partial charge on any atom is 0.292 e. The summed E-state index contributed by atoms with van der Waals surface area (Å²) in [5.74, 6) is 0.649. The summed E-state index contributed by atoms with van der Waals surface area (Å²) >= 11 is 11.8. The number of nitro benzene ring substituents is 1. The first kappa shape index (κ1) is 17.1. The highest BCUT2D eigenvalue weighted by atomic mass is 35.5. The number of nitrogens with zero attached hydrogens (tertiary/aromatic N) is 3. The molecule has 0 spiro atoms. The van der Waals surface area contributed by atoms with Gasteiger partial charge in [0, 0.05) is 36.8 Å². The molecule has 0 atom stereocenters. The Morgan fingerprint density at radius 1 is 1.32 bits per heavy atom. The lowest BCUT2D eigenvalue weighted by molar-refractivity contribution is -0.383. The normalized spacial score (nSPS) is 10.5. The predicted molar refractivity (Wildman–Crippen MR) is 102 cm³/mol. The van der Waals surface area contributed by atoms with Gasteiger partial charge in [-0.05, 0) is 24.3 Å². The van der Waals surface area contributed by atoms with Crippen LogP contribution in [0.1, 0.15) is 11.4 Å². The number of hydrogen-bond acceptors (Lipinski definition) is 5. The number of hydrogen-bond donors (Lipinski definition) is 1. The second-order valence-electron chi connectivity index (χ2n) is 5.28. The summed E-state index contributed by atoms with van der Waals surface area (Å²) in [6.45, 7) is 0. The van der Waals surface area contributed by atoms with Crippen LogP contribution in [0.25, 0.3) is 0 Å². The van der Waals surface area contributed by atoms with E-state index in [-0.39, 0.29) is 5.69 Å². The molecule has 1 heterocycles. The number of halogens is 1. The molecule has 0 aliphatic rings. The monoisotopic (exact) mass is 372 g/mol. The number of nitrogens with one attached hydrogen (secondary N) is 1. The van der Waals surface area contributed by atoms with Crippen molar-refractivity contribution in [1.82, 2.24) is 9.55 Å². The number of anilines is 2. The van der Waals surface area contributed by atoms with E-state index in [4.69, 9.17) is 23.8 Å². The molecule has 1 aromatic heterocycles. The Labute approximate surface area is 154 Å². The number of benzene rings is 2. The second kappa shape index (κ2) is 7.00. The highest BCUT2D eigenvalue weighted by molar-refractivity contribution is 7.81. The number of rotatable bonds is 5. The highest BCUT2D eigenvalue weighted by Crippen LogP contribution is 2.30. The Bertz CT molecular complexity index is 971. The van der Waals surface area contributed by atoms with Gasteiger partial charge in [0.1, 0.15) is 5.69 Å². The van der Waals surface area contributed by atoms with Crippen LogP contribution in [-0.4, -0.2) is 19.3 Å². The number of thiocarbonyl (C=S) groups is 1. The van der Waals surface area contributed by atoms with Crippen LogP contribution < -0.4 is 5.32 Å². The minimum atomic E-state index is -0.436. The van der Waals surface area contributed by atoms with Crippen molar-refractivity contribution in [2.45, 2.75) is 0 Å². The van der Waals surface area contributed by atoms with Crippen LogP contribution in [0.4, 0.5) is 17.1 Å². The van der Waals surface area contributed by atoms with E-state index < -0.39 is 4.92 Å². The van der Waals surface area contributed by atoms with E-state index in [1.807, 2.05) is 11.6 Å². The van der Waals surface area contributed by atoms with Gasteiger partial charge in [-0.15, -0.1) is 0 Å². The van der Waals surface area contributed by atoms with Crippen LogP contribution in [-0.2, 0) is 7.05 Å². The number of aromatic nitrogens is 2. The maximum atomic E-state index is 11.1. The van der Waals surface area contributed by atoms with E-state index in [1.165, 1.54) is 6.07 Å². The van der Waals surface area contributed by atoms with Crippen molar-refractivity contribution < 1.29 is 4.92 Å². The quantitative estimate of drug-likeness (QED) is 0.309. The van der Waals surface area contributed by atoms with Gasteiger partial charge in [-0.25, -0.2) is 4.98 Å². The summed E-state index contributed by atoms with van der Waals surface area (Å²) in [6.07, 6.45) is 3.47. The van der Waals surface area contributed by atoms with E-state index >= 15 is 0 Å². The van der Waals surface area contributed by atoms with Crippen LogP contribution in [0.15, 0.2) is 54.9 Å². The molecule has 3 rings (SSSR count). The zero-order valence-electron chi connectivity index (χ0n) is 13.1. The van der Waals surface area contributed by atoms with Gasteiger partial charge in [-0.1, -0.05) is 36.0 Å². The van der Waals surface area contributed by atoms with Crippen molar-refractivity contribution in [3.63, 3.8) is 0 Å². The van der Waals surface area contributed by atoms with Crippen LogP contribution in [0, 0.1) is 10.1 Å². The molecule has 0 saturated heterocycles. The molecule has 0 unspecified atom stereocenters. The van der Waals surface area contributed by atoms with Crippen molar-refractivity contribution in [2.24, 2.45) is 7.05 Å². The zero-order valence-corrected chi connectivity index (χ0v) is 14.7. The van der Waals surface area contributed by atoms with E-state index in [0.717, 1.165) is 0 Å². The summed E-state index contributed by atoms with van der Waals surface area (Å²) in [4.78, 5) is 15.4. The van der Waals surface area contributed by atoms with E-state index in [1.54, 1.807) is 48.8 Å². The van der Waals surface area contributed by atoms with Gasteiger partial charge in [0.05, 0.1) is 14.8 Å². The summed E-state index contributed by atoms with van der Waals surface area (Å²) in [6, 6.07) is 11.6. The lowest BCUT2D eigenvalue weighted by Gasteiger charge is -2.11. The van der Waals surface area contributed by atoms with E-state index in [0.29, 0.717) is 32.6 Å². The van der Waals surface area contributed by atoms with E-state index in [9.17, 15) is 10.1 Å². The second-order valence-corrected chi connectivity index (χ2v) is 6.10. The fourth-order valence-electron chi connectivity index (χ4n) is 2.38. The highest BCUT2D eigenvalue weighted by Gasteiger charge is 2.15. The third kappa shape index (κ3) is 3.52. The summed E-state index contributed by atoms with van der Waals surface area (Å²) in [7, 11) is 1.85. The topological polar surface area (TPSA) is 73.0 Å². The van der Waals surface area contributed by atoms with Gasteiger partial charge < -0.3 is 9.88 Å². The first-order valence-electron chi connectivity index (χ1n) is 7.29. The average Bonchev–Trinajstić information content (AvgIpc) is 3.01. The molecule has 1 N–H and O–H groups in total. The molecule has 0 fully saturated rings. The third-order valence-corrected chi connectivity index (χ3v) is 4.33. The summed E-state index contributed by atoms with van der Waals surface area (Å²) in [5, 5.41) is 14.6. The van der Waals surface area contributed by atoms with Crippen molar-refractivity contribution in [3.05, 3.63) is 81.4 Å². The van der Waals surface area contributed by atoms with Gasteiger partial charge in [-0.2, -0.15) is 0 Å². The van der Waals surface area contributed by atoms with Crippen LogP contribution in [0.2, 0.25) is 5.02 Å². The summed E-state index contributed by atoms with van der Waals surface area (Å²) < 4.78 is 1.82. The average molecular weight is 373 g/mol. The molecule has 0 amide bonds. The first-order chi connectivity index (χ1) is 12.0. The first-order valence-corrected chi connectivity index (χ1v) is 8.08. The minimum Gasteiger partial charge on any atom is -0.350 e. The number of aryl methyl sites for hydroxylation is 1. The van der Waals surface area contributed by atoms with Crippen molar-refractivity contribution >= 4 is 45.7 Å². The van der Waals surface area contributed by atoms with Crippen molar-refractivity contribution in [3.8, 4) is 0 Å². The molecule has 0 aliphatic carbocycles. The Morgan fingerprint density at radius 2 is 2.08 bits per heavy atom. The minimum absolute atomic E-state index is 0.00812. The van der Waals surface area contributed by atoms with Crippen LogP contribution >= 0.6 is 23.8 Å². The molecule has 0 aliphatic heterocycles. The molecule has 3 aromatic rings. The van der Waals surface area contributed by atoms with Gasteiger partial charge in [0.25, 0.3) is 5.69 Å². The van der Waals surface area contributed by atoms with Gasteiger partial charge >= 0.3 is 0 Å². The SMILES string of the molecule is Cn1ccnc1C(=S)c1ccc(Nc2ccccc2[N+](=O)[O-])cc1Cl. The van der Waals surface area contributed by atoms with E-state index in [2.05, 4.69) is 10.3 Å². The molecule has 8 heteroatoms. The number of imidazole rings is 1. The largest absolute Gasteiger partial charge is 0.350 e. The van der Waals surface area contributed by atoms with Crippen LogP contribution in [0.5, 0.6) is 0 Å². The maximum absolute atomic E-state index is 11.1. The fourth-order valence-corrected chi connectivity index (χ4v) is 3.08. The van der Waals surface area contributed by atoms with Gasteiger partial charge in [-0.3, -0.25) is 10.1 Å². The lowest BCUT2D eigenvalue weighted by atomic mass is 10.1. The smallest absolute Gasteiger partial charge is 0.292 e. The van der Waals surface area contributed by atoms with Gasteiger partial charge in [0.15, 0.2) is 5.82 Å². The van der Waals surface area contributed by atoms with Crippen molar-refractivity contribution in [2.75, 3.05) is 5.32 Å². The molecule has 0 saturated carbocycles. The number of para-hydroxylation sites is 2. The Morgan fingerprint density at radius 3 is 2.72 bits per heavy atom. The Hall–Kier alpha value is -2.77. The Balaban J connectivity index is 1.90. The molecule has 126 valence electrons. The standard InChI is InChI=1S/C17H13ClN4O2S/c1-21-9-8-19-17(21)16(25)12-7-6-11(10-13(12)18)20-14-4-2-3-5-15(14)22(23)24/h2-10,20H,1H3. The Kier molecular flexibility index (Phi) is 4.78. The number of nitro groups is 1. The molecule has 0 radical (unpaired) electrons. The third-order valence-electron chi connectivity index (χ3n) is 3.62. The molecule has 0 bridgehead atoms.